The molecule has 2 aliphatic rings. The summed E-state index contributed by atoms with van der Waals surface area (Å²) in [5, 5.41) is 24.4. The van der Waals surface area contributed by atoms with E-state index < -0.39 is 11.6 Å². The molecule has 8 nitrogen and oxygen atoms in total. The Hall–Kier alpha value is -2.13. The van der Waals surface area contributed by atoms with Crippen molar-refractivity contribution in [2.45, 2.75) is 65.1 Å². The Morgan fingerprint density at radius 3 is 2.50 bits per heavy atom. The molecule has 1 amide bonds. The van der Waals surface area contributed by atoms with E-state index in [9.17, 15) is 9.90 Å². The number of rotatable bonds is 5. The average molecular weight is 479 g/mol. The van der Waals surface area contributed by atoms with Gasteiger partial charge in [0.05, 0.1) is 5.56 Å². The third-order valence-corrected chi connectivity index (χ3v) is 7.47. The molecule has 2 N–H and O–H groups in total. The summed E-state index contributed by atoms with van der Waals surface area (Å²) in [6, 6.07) is 2.11. The van der Waals surface area contributed by atoms with Crippen LogP contribution in [0.2, 0.25) is 5.15 Å². The normalized spacial score (nSPS) is 23.0. The van der Waals surface area contributed by atoms with Crippen LogP contribution in [-0.2, 0) is 0 Å². The fraction of sp³-hybridized carbons (Fsp3) is 0.636. The lowest BCUT2D eigenvalue weighted by molar-refractivity contribution is 0.0358. The number of pyridine rings is 1. The maximum Gasteiger partial charge on any atom is 0.408 e. The average Bonchev–Trinajstić information content (AvgIpc) is 3.23. The number of halogens is 1. The van der Waals surface area contributed by atoms with Gasteiger partial charge in [-0.15, -0.1) is 10.2 Å². The molecule has 174 valence electrons. The van der Waals surface area contributed by atoms with Crippen LogP contribution in [0.5, 0.6) is 0 Å². The molecule has 0 spiro atoms. The maximum absolute atomic E-state index is 12.1. The smallest absolute Gasteiger partial charge is 0.408 e. The van der Waals surface area contributed by atoms with Gasteiger partial charge in [0.1, 0.15) is 5.15 Å². The number of piperidine rings is 1. The Labute approximate surface area is 198 Å². The molecule has 3 heterocycles. The number of nitrogens with one attached hydrogen (secondary N) is 1. The fourth-order valence-electron chi connectivity index (χ4n) is 5.12. The molecule has 1 aliphatic heterocycles. The topological polar surface area (TPSA) is 94.5 Å². The Morgan fingerprint density at radius 1 is 1.28 bits per heavy atom. The van der Waals surface area contributed by atoms with Gasteiger partial charge < -0.3 is 15.3 Å². The molecule has 2 aromatic heterocycles. The minimum Gasteiger partial charge on any atom is -0.465 e. The van der Waals surface area contributed by atoms with Crippen molar-refractivity contribution in [2.24, 2.45) is 11.8 Å². The monoisotopic (exact) mass is 478 g/mol. The van der Waals surface area contributed by atoms with Crippen LogP contribution < -0.4 is 10.2 Å². The maximum atomic E-state index is 12.1. The Balaban J connectivity index is 1.56. The highest BCUT2D eigenvalue weighted by Gasteiger charge is 2.49. The van der Waals surface area contributed by atoms with Crippen LogP contribution in [-0.4, -0.2) is 62.0 Å². The number of hydrogen-bond donors (Lipinski definition) is 2. The number of nitrogens with zero attached hydrogens (tertiary/aromatic N) is 5. The SMILES string of the molecule is CC(C)Nc1cc(Cl)ncc1-c1nnc(N2C[C@H]3CC[C@@H](C2)[C@H]3N(C(=O)O)C(C)(C)C)s1. The second-order valence-electron chi connectivity index (χ2n) is 10.1. The van der Waals surface area contributed by atoms with E-state index in [-0.39, 0.29) is 12.1 Å². The molecule has 1 aliphatic carbocycles. The van der Waals surface area contributed by atoms with Gasteiger partial charge in [0.15, 0.2) is 5.01 Å². The number of carbonyl (C=O) groups is 1. The number of carboxylic acid groups (broad SMARTS) is 1. The molecule has 2 fully saturated rings. The molecular formula is C22H31ClN6O2S. The van der Waals surface area contributed by atoms with Gasteiger partial charge >= 0.3 is 6.09 Å². The first-order valence-electron chi connectivity index (χ1n) is 11.1. The highest BCUT2D eigenvalue weighted by molar-refractivity contribution is 7.18. The molecule has 2 aromatic rings. The molecule has 1 saturated heterocycles. The summed E-state index contributed by atoms with van der Waals surface area (Å²) in [5.41, 5.74) is 1.36. The van der Waals surface area contributed by atoms with Crippen molar-refractivity contribution in [3.63, 3.8) is 0 Å². The molecule has 10 heteroatoms. The summed E-state index contributed by atoms with van der Waals surface area (Å²) >= 11 is 7.65. The van der Waals surface area contributed by atoms with Crippen molar-refractivity contribution in [1.29, 1.82) is 0 Å². The summed E-state index contributed by atoms with van der Waals surface area (Å²) in [4.78, 5) is 20.3. The van der Waals surface area contributed by atoms with E-state index in [0.717, 1.165) is 47.3 Å². The van der Waals surface area contributed by atoms with Crippen LogP contribution in [0, 0.1) is 11.8 Å². The zero-order valence-electron chi connectivity index (χ0n) is 19.2. The van der Waals surface area contributed by atoms with Gasteiger partial charge in [-0.25, -0.2) is 9.78 Å². The second kappa shape index (κ2) is 8.67. The van der Waals surface area contributed by atoms with Crippen molar-refractivity contribution in [2.75, 3.05) is 23.3 Å². The van der Waals surface area contributed by atoms with Gasteiger partial charge in [-0.1, -0.05) is 22.9 Å². The zero-order chi connectivity index (χ0) is 23.2. The summed E-state index contributed by atoms with van der Waals surface area (Å²) in [6.45, 7) is 11.7. The van der Waals surface area contributed by atoms with Crippen LogP contribution >= 0.6 is 22.9 Å². The summed E-state index contributed by atoms with van der Waals surface area (Å²) < 4.78 is 0. The van der Waals surface area contributed by atoms with Gasteiger partial charge in [-0.3, -0.25) is 4.90 Å². The standard InChI is InChI=1S/C22H31ClN6O2S/c1-12(2)25-16-8-17(23)24-9-15(16)19-26-27-20(32-19)28-10-13-6-7-14(11-28)18(13)29(21(30)31)22(3,4)5/h8-9,12-14,18H,6-7,10-11H2,1-5H3,(H,24,25)(H,30,31)/t13-,14+,18+. The van der Waals surface area contributed by atoms with Gasteiger partial charge in [0.25, 0.3) is 0 Å². The van der Waals surface area contributed by atoms with E-state index in [1.54, 1.807) is 22.4 Å². The van der Waals surface area contributed by atoms with Crippen LogP contribution in [0.15, 0.2) is 12.3 Å². The summed E-state index contributed by atoms with van der Waals surface area (Å²) in [6.07, 6.45) is 3.00. The van der Waals surface area contributed by atoms with Gasteiger partial charge in [0, 0.05) is 42.6 Å². The van der Waals surface area contributed by atoms with E-state index in [1.807, 2.05) is 26.8 Å². The van der Waals surface area contributed by atoms with Gasteiger partial charge in [0.2, 0.25) is 5.13 Å². The molecule has 4 rings (SSSR count). The Bertz CT molecular complexity index is 977. The quantitative estimate of drug-likeness (QED) is 0.579. The van der Waals surface area contributed by atoms with E-state index in [4.69, 9.17) is 11.6 Å². The molecule has 1 saturated carbocycles. The molecule has 0 radical (unpaired) electrons. The third-order valence-electron chi connectivity index (χ3n) is 6.24. The lowest BCUT2D eigenvalue weighted by Crippen LogP contribution is -2.59. The molecule has 2 bridgehead atoms. The van der Waals surface area contributed by atoms with Crippen molar-refractivity contribution >= 4 is 39.8 Å². The number of fused-ring (bicyclic) bond motifs is 2. The molecular weight excluding hydrogens is 448 g/mol. The molecule has 3 atom stereocenters. The third kappa shape index (κ3) is 4.50. The predicted octanol–water partition coefficient (Wildman–Crippen LogP) is 5.07. The Morgan fingerprint density at radius 2 is 1.94 bits per heavy atom. The van der Waals surface area contributed by atoms with Crippen molar-refractivity contribution < 1.29 is 9.90 Å². The van der Waals surface area contributed by atoms with Crippen LogP contribution in [0.25, 0.3) is 10.6 Å². The first-order valence-corrected chi connectivity index (χ1v) is 12.3. The van der Waals surface area contributed by atoms with Crippen molar-refractivity contribution in [1.82, 2.24) is 20.1 Å². The lowest BCUT2D eigenvalue weighted by atomic mass is 9.88. The van der Waals surface area contributed by atoms with Crippen LogP contribution in [0.4, 0.5) is 15.6 Å². The van der Waals surface area contributed by atoms with Crippen molar-refractivity contribution in [3.8, 4) is 10.6 Å². The summed E-state index contributed by atoms with van der Waals surface area (Å²) in [5.74, 6) is 0.596. The predicted molar refractivity (Wildman–Crippen MR) is 129 cm³/mol. The van der Waals surface area contributed by atoms with Gasteiger partial charge in [-0.05, 0) is 65.4 Å². The first kappa shape index (κ1) is 23.0. The minimum absolute atomic E-state index is 0.0541. The van der Waals surface area contributed by atoms with Crippen LogP contribution in [0.1, 0.15) is 47.5 Å². The summed E-state index contributed by atoms with van der Waals surface area (Å²) in [7, 11) is 0. The number of hydrogen-bond acceptors (Lipinski definition) is 7. The number of anilines is 2. The van der Waals surface area contributed by atoms with E-state index in [1.165, 1.54) is 0 Å². The van der Waals surface area contributed by atoms with E-state index in [0.29, 0.717) is 17.0 Å². The second-order valence-corrected chi connectivity index (χ2v) is 11.4. The van der Waals surface area contributed by atoms with Gasteiger partial charge in [-0.2, -0.15) is 0 Å². The van der Waals surface area contributed by atoms with E-state index in [2.05, 4.69) is 39.2 Å². The molecule has 32 heavy (non-hydrogen) atoms. The van der Waals surface area contributed by atoms with Crippen LogP contribution in [0.3, 0.4) is 0 Å². The first-order chi connectivity index (χ1) is 15.0. The number of aromatic nitrogens is 3. The minimum atomic E-state index is -0.827. The molecule has 0 unspecified atom stereocenters. The van der Waals surface area contributed by atoms with Crippen molar-refractivity contribution in [3.05, 3.63) is 17.4 Å². The highest BCUT2D eigenvalue weighted by Crippen LogP contribution is 2.44. The lowest BCUT2D eigenvalue weighted by Gasteiger charge is -2.47. The fourth-order valence-corrected chi connectivity index (χ4v) is 6.16. The zero-order valence-corrected chi connectivity index (χ0v) is 20.7. The Kier molecular flexibility index (Phi) is 6.24. The van der Waals surface area contributed by atoms with E-state index >= 15 is 0 Å². The molecule has 0 aromatic carbocycles. The largest absolute Gasteiger partial charge is 0.465 e. The highest BCUT2D eigenvalue weighted by atomic mass is 35.5. The number of amides is 1.